The quantitative estimate of drug-likeness (QED) is 0.789. The number of likely N-dealkylation sites (tertiary alicyclic amines) is 1. The summed E-state index contributed by atoms with van der Waals surface area (Å²) in [5.74, 6) is 0.951. The number of benzene rings is 1. The number of halogens is 2. The topological polar surface area (TPSA) is 63.2 Å². The van der Waals surface area contributed by atoms with Crippen molar-refractivity contribution in [1.29, 1.82) is 0 Å². The molecule has 7 nitrogen and oxygen atoms in total. The van der Waals surface area contributed by atoms with Crippen molar-refractivity contribution in [2.45, 2.75) is 19.0 Å². The number of aromatic nitrogens is 1. The Bertz CT molecular complexity index is 922. The normalized spacial score (nSPS) is 19.9. The third-order valence-corrected chi connectivity index (χ3v) is 6.03. The summed E-state index contributed by atoms with van der Waals surface area (Å²) in [6.45, 7) is 4.11. The number of hydrogen-bond donors (Lipinski definition) is 1. The summed E-state index contributed by atoms with van der Waals surface area (Å²) in [6, 6.07) is 10.2. The third kappa shape index (κ3) is 4.15. The summed E-state index contributed by atoms with van der Waals surface area (Å²) in [4.78, 5) is 24.4. The minimum atomic E-state index is -0.981. The Hall–Kier alpha value is -2.58. The van der Waals surface area contributed by atoms with E-state index in [1.165, 1.54) is 17.0 Å². The molecule has 1 N–H and O–H groups in total. The lowest BCUT2D eigenvalue weighted by Gasteiger charge is -2.36. The van der Waals surface area contributed by atoms with Gasteiger partial charge in [-0.15, -0.1) is 0 Å². The summed E-state index contributed by atoms with van der Waals surface area (Å²) < 4.78 is 13.8. The molecule has 0 unspecified atom stereocenters. The van der Waals surface area contributed by atoms with E-state index < -0.39 is 18.1 Å². The second-order valence-electron chi connectivity index (χ2n) is 7.71. The van der Waals surface area contributed by atoms with E-state index in [1.807, 2.05) is 23.1 Å². The predicted octanol–water partition coefficient (Wildman–Crippen LogP) is 3.86. The van der Waals surface area contributed by atoms with Gasteiger partial charge in [0.2, 0.25) is 0 Å². The highest BCUT2D eigenvalue weighted by molar-refractivity contribution is 6.31. The zero-order valence-electron chi connectivity index (χ0n) is 16.8. The molecule has 160 valence electrons. The molecular weight excluding hydrogens is 409 g/mol. The first kappa shape index (κ1) is 20.7. The van der Waals surface area contributed by atoms with E-state index in [1.54, 1.807) is 6.07 Å². The Morgan fingerprint density at radius 2 is 1.97 bits per heavy atom. The molecule has 0 spiro atoms. The van der Waals surface area contributed by atoms with Gasteiger partial charge in [0.25, 0.3) is 0 Å². The molecule has 0 radical (unpaired) electrons. The number of anilines is 3. The smallest absolute Gasteiger partial charge is 0.408 e. The number of carboxylic acid groups (broad SMARTS) is 1. The Morgan fingerprint density at radius 3 is 2.67 bits per heavy atom. The van der Waals surface area contributed by atoms with Gasteiger partial charge in [0, 0.05) is 38.4 Å². The van der Waals surface area contributed by atoms with Crippen LogP contribution in [-0.4, -0.2) is 71.9 Å². The Kier molecular flexibility index (Phi) is 5.97. The molecule has 3 heterocycles. The van der Waals surface area contributed by atoms with Crippen LogP contribution in [0.25, 0.3) is 0 Å². The standard InChI is InChI=1S/C21H25ClFN5O2/c1-25-10-12-26(13-11-25)18-4-2-5-19(24-18)28(15-7-8-17(23)16(22)14-15)20-6-3-9-27(20)21(29)30/h2,4-5,7-8,14,20H,3,6,9-13H2,1H3,(H,29,30)/t20-/m1/s1. The van der Waals surface area contributed by atoms with Crippen molar-refractivity contribution in [3.8, 4) is 0 Å². The Balaban J connectivity index is 1.73. The van der Waals surface area contributed by atoms with Crippen LogP contribution in [0.15, 0.2) is 36.4 Å². The number of likely N-dealkylation sites (N-methyl/N-ethyl adjacent to an activating group) is 1. The fourth-order valence-corrected chi connectivity index (χ4v) is 4.27. The molecule has 0 bridgehead atoms. The van der Waals surface area contributed by atoms with E-state index >= 15 is 0 Å². The first-order valence-electron chi connectivity index (χ1n) is 10.1. The molecule has 0 aliphatic carbocycles. The summed E-state index contributed by atoms with van der Waals surface area (Å²) in [5, 5.41) is 9.68. The summed E-state index contributed by atoms with van der Waals surface area (Å²) in [5.41, 5.74) is 0.613. The monoisotopic (exact) mass is 433 g/mol. The van der Waals surface area contributed by atoms with Gasteiger partial charge < -0.3 is 19.8 Å². The maximum absolute atomic E-state index is 13.8. The molecule has 2 saturated heterocycles. The Labute approximate surface area is 180 Å². The molecule has 1 aromatic heterocycles. The van der Waals surface area contributed by atoms with Crippen LogP contribution < -0.4 is 9.80 Å². The van der Waals surface area contributed by atoms with Gasteiger partial charge in [0.1, 0.15) is 23.6 Å². The lowest BCUT2D eigenvalue weighted by Crippen LogP contribution is -2.46. The molecule has 2 fully saturated rings. The van der Waals surface area contributed by atoms with Crippen molar-refractivity contribution in [2.24, 2.45) is 0 Å². The van der Waals surface area contributed by atoms with Gasteiger partial charge in [-0.3, -0.25) is 4.90 Å². The first-order valence-corrected chi connectivity index (χ1v) is 10.5. The largest absolute Gasteiger partial charge is 0.465 e. The maximum Gasteiger partial charge on any atom is 0.408 e. The molecule has 30 heavy (non-hydrogen) atoms. The van der Waals surface area contributed by atoms with E-state index in [0.717, 1.165) is 38.4 Å². The minimum absolute atomic E-state index is 0.00686. The van der Waals surface area contributed by atoms with E-state index in [4.69, 9.17) is 16.6 Å². The number of piperazine rings is 1. The van der Waals surface area contributed by atoms with Crippen LogP contribution >= 0.6 is 11.6 Å². The second kappa shape index (κ2) is 8.65. The van der Waals surface area contributed by atoms with Crippen LogP contribution in [0.5, 0.6) is 0 Å². The number of pyridine rings is 1. The zero-order valence-corrected chi connectivity index (χ0v) is 17.6. The van der Waals surface area contributed by atoms with E-state index in [2.05, 4.69) is 16.8 Å². The van der Waals surface area contributed by atoms with E-state index in [9.17, 15) is 14.3 Å². The number of hydrogen-bond acceptors (Lipinski definition) is 5. The van der Waals surface area contributed by atoms with Crippen molar-refractivity contribution < 1.29 is 14.3 Å². The van der Waals surface area contributed by atoms with Crippen molar-refractivity contribution in [1.82, 2.24) is 14.8 Å². The van der Waals surface area contributed by atoms with Crippen molar-refractivity contribution in [3.05, 3.63) is 47.2 Å². The molecule has 1 aromatic carbocycles. The number of rotatable bonds is 4. The molecule has 1 amide bonds. The van der Waals surface area contributed by atoms with Crippen molar-refractivity contribution in [2.75, 3.05) is 49.6 Å². The maximum atomic E-state index is 13.8. The molecule has 4 rings (SSSR count). The average Bonchev–Trinajstić information content (AvgIpc) is 3.21. The van der Waals surface area contributed by atoms with Gasteiger partial charge >= 0.3 is 6.09 Å². The lowest BCUT2D eigenvalue weighted by molar-refractivity contribution is 0.141. The van der Waals surface area contributed by atoms with Gasteiger partial charge in [-0.05, 0) is 50.2 Å². The van der Waals surface area contributed by atoms with Gasteiger partial charge in [0.05, 0.1) is 5.02 Å². The highest BCUT2D eigenvalue weighted by Crippen LogP contribution is 2.35. The number of nitrogens with zero attached hydrogens (tertiary/aromatic N) is 5. The molecule has 2 aromatic rings. The van der Waals surface area contributed by atoms with E-state index in [-0.39, 0.29) is 5.02 Å². The SMILES string of the molecule is CN1CCN(c2cccc(N(c3ccc(F)c(Cl)c3)[C@@H]3CCCN3C(=O)O)n2)CC1. The number of carbonyl (C=O) groups is 1. The third-order valence-electron chi connectivity index (χ3n) is 5.74. The van der Waals surface area contributed by atoms with Gasteiger partial charge in [0.15, 0.2) is 0 Å². The van der Waals surface area contributed by atoms with E-state index in [0.29, 0.717) is 24.5 Å². The second-order valence-corrected chi connectivity index (χ2v) is 8.12. The first-order chi connectivity index (χ1) is 14.4. The molecule has 2 aliphatic rings. The zero-order chi connectivity index (χ0) is 21.3. The summed E-state index contributed by atoms with van der Waals surface area (Å²) in [7, 11) is 2.10. The fraction of sp³-hybridized carbons (Fsp3) is 0.429. The molecule has 2 aliphatic heterocycles. The van der Waals surface area contributed by atoms with Gasteiger partial charge in [-0.2, -0.15) is 0 Å². The summed E-state index contributed by atoms with van der Waals surface area (Å²) in [6.07, 6.45) is -0.00684. The van der Waals surface area contributed by atoms with Crippen LogP contribution in [-0.2, 0) is 0 Å². The molecular formula is C21H25ClFN5O2. The molecule has 1 atom stereocenters. The average molecular weight is 434 g/mol. The van der Waals surface area contributed by atoms with Crippen LogP contribution in [0.1, 0.15) is 12.8 Å². The summed E-state index contributed by atoms with van der Waals surface area (Å²) >= 11 is 6.05. The van der Waals surface area contributed by atoms with Crippen molar-refractivity contribution >= 4 is 35.0 Å². The highest BCUT2D eigenvalue weighted by Gasteiger charge is 2.35. The van der Waals surface area contributed by atoms with Gasteiger partial charge in [-0.1, -0.05) is 17.7 Å². The number of amides is 1. The van der Waals surface area contributed by atoms with Crippen LogP contribution in [0.2, 0.25) is 5.02 Å². The van der Waals surface area contributed by atoms with Crippen LogP contribution in [0.4, 0.5) is 26.5 Å². The molecule has 0 saturated carbocycles. The molecule has 9 heteroatoms. The predicted molar refractivity (Wildman–Crippen MR) is 115 cm³/mol. The Morgan fingerprint density at radius 1 is 1.20 bits per heavy atom. The van der Waals surface area contributed by atoms with Gasteiger partial charge in [-0.25, -0.2) is 14.2 Å². The fourth-order valence-electron chi connectivity index (χ4n) is 4.09. The highest BCUT2D eigenvalue weighted by atomic mass is 35.5. The van der Waals surface area contributed by atoms with Crippen LogP contribution in [0, 0.1) is 5.82 Å². The van der Waals surface area contributed by atoms with Crippen LogP contribution in [0.3, 0.4) is 0 Å². The minimum Gasteiger partial charge on any atom is -0.465 e. The lowest BCUT2D eigenvalue weighted by atomic mass is 10.2. The van der Waals surface area contributed by atoms with Crippen molar-refractivity contribution in [3.63, 3.8) is 0 Å².